The molecule has 0 atom stereocenters. The number of nitrogens with zero attached hydrogens (tertiary/aromatic N) is 1. The molecule has 0 N–H and O–H groups in total. The SMILES string of the molecule is CN(CCCOc1ccccc1)S(=O)(=O)c1cccs1. The van der Waals surface area contributed by atoms with Crippen molar-refractivity contribution < 1.29 is 13.2 Å². The topological polar surface area (TPSA) is 46.6 Å². The molecular weight excluding hydrogens is 294 g/mol. The summed E-state index contributed by atoms with van der Waals surface area (Å²) in [6.07, 6.45) is 0.649. The lowest BCUT2D eigenvalue weighted by molar-refractivity contribution is 0.296. The van der Waals surface area contributed by atoms with Gasteiger partial charge in [0, 0.05) is 13.6 Å². The van der Waals surface area contributed by atoms with E-state index >= 15 is 0 Å². The predicted molar refractivity (Wildman–Crippen MR) is 80.7 cm³/mol. The molecule has 0 spiro atoms. The van der Waals surface area contributed by atoms with Crippen molar-refractivity contribution in [2.45, 2.75) is 10.6 Å². The molecule has 2 rings (SSSR count). The van der Waals surface area contributed by atoms with E-state index in [4.69, 9.17) is 4.74 Å². The molecule has 0 amide bonds. The summed E-state index contributed by atoms with van der Waals surface area (Å²) in [6.45, 7) is 0.932. The third-order valence-electron chi connectivity index (χ3n) is 2.79. The first-order valence-corrected chi connectivity index (χ1v) is 8.60. The number of benzene rings is 1. The molecule has 0 aliphatic rings. The van der Waals surface area contributed by atoms with Crippen LogP contribution in [0.4, 0.5) is 0 Å². The molecule has 0 fully saturated rings. The summed E-state index contributed by atoms with van der Waals surface area (Å²) in [5, 5.41) is 1.76. The van der Waals surface area contributed by atoms with Gasteiger partial charge < -0.3 is 4.74 Å². The summed E-state index contributed by atoms with van der Waals surface area (Å²) >= 11 is 1.23. The van der Waals surface area contributed by atoms with Crippen LogP contribution in [0.5, 0.6) is 5.75 Å². The first-order valence-electron chi connectivity index (χ1n) is 6.28. The monoisotopic (exact) mass is 311 g/mol. The van der Waals surface area contributed by atoms with E-state index in [0.717, 1.165) is 5.75 Å². The van der Waals surface area contributed by atoms with Crippen LogP contribution in [0, 0.1) is 0 Å². The summed E-state index contributed by atoms with van der Waals surface area (Å²) in [7, 11) is -1.75. The van der Waals surface area contributed by atoms with Crippen molar-refractivity contribution in [1.29, 1.82) is 0 Å². The van der Waals surface area contributed by atoms with Crippen molar-refractivity contribution >= 4 is 21.4 Å². The van der Waals surface area contributed by atoms with Gasteiger partial charge in [0.15, 0.2) is 0 Å². The summed E-state index contributed by atoms with van der Waals surface area (Å²) in [6, 6.07) is 12.9. The summed E-state index contributed by atoms with van der Waals surface area (Å²) < 4.78 is 31.6. The third kappa shape index (κ3) is 3.82. The Labute approximate surface area is 123 Å². The number of rotatable bonds is 7. The molecule has 108 valence electrons. The van der Waals surface area contributed by atoms with Crippen molar-refractivity contribution in [3.8, 4) is 5.75 Å². The van der Waals surface area contributed by atoms with E-state index in [2.05, 4.69) is 0 Å². The number of thiophene rings is 1. The van der Waals surface area contributed by atoms with Crippen LogP contribution < -0.4 is 4.74 Å². The molecule has 0 bridgehead atoms. The molecule has 0 unspecified atom stereocenters. The van der Waals surface area contributed by atoms with E-state index in [-0.39, 0.29) is 0 Å². The van der Waals surface area contributed by atoms with E-state index in [0.29, 0.717) is 23.8 Å². The highest BCUT2D eigenvalue weighted by Crippen LogP contribution is 2.19. The molecule has 0 saturated carbocycles. The van der Waals surface area contributed by atoms with Crippen molar-refractivity contribution in [1.82, 2.24) is 4.31 Å². The number of ether oxygens (including phenoxy) is 1. The molecule has 0 aliphatic carbocycles. The molecular formula is C14H17NO3S2. The molecule has 0 saturated heterocycles. The minimum atomic E-state index is -3.34. The highest BCUT2D eigenvalue weighted by atomic mass is 32.2. The predicted octanol–water partition coefficient (Wildman–Crippen LogP) is 2.84. The molecule has 20 heavy (non-hydrogen) atoms. The smallest absolute Gasteiger partial charge is 0.252 e. The maximum atomic E-state index is 12.2. The second-order valence-electron chi connectivity index (χ2n) is 4.27. The van der Waals surface area contributed by atoms with Crippen LogP contribution in [-0.4, -0.2) is 32.9 Å². The Balaban J connectivity index is 1.80. The van der Waals surface area contributed by atoms with Crippen LogP contribution in [0.2, 0.25) is 0 Å². The zero-order valence-corrected chi connectivity index (χ0v) is 12.9. The Morgan fingerprint density at radius 1 is 1.15 bits per heavy atom. The van der Waals surface area contributed by atoms with E-state index in [1.807, 2.05) is 30.3 Å². The normalized spacial score (nSPS) is 11.7. The third-order valence-corrected chi connectivity index (χ3v) is 6.02. The Kier molecular flexibility index (Phi) is 5.17. The lowest BCUT2D eigenvalue weighted by Gasteiger charge is -2.16. The largest absolute Gasteiger partial charge is 0.494 e. The van der Waals surface area contributed by atoms with Gasteiger partial charge in [-0.05, 0) is 30.0 Å². The molecule has 0 aliphatic heterocycles. The van der Waals surface area contributed by atoms with Gasteiger partial charge in [-0.2, -0.15) is 0 Å². The lowest BCUT2D eigenvalue weighted by atomic mass is 10.3. The summed E-state index contributed by atoms with van der Waals surface area (Å²) in [5.41, 5.74) is 0. The average molecular weight is 311 g/mol. The fraction of sp³-hybridized carbons (Fsp3) is 0.286. The Hall–Kier alpha value is -1.37. The standard InChI is InChI=1S/C14H17NO3S2/c1-15(20(16,17)14-9-5-12-19-14)10-6-11-18-13-7-3-2-4-8-13/h2-5,7-9,12H,6,10-11H2,1H3. The molecule has 1 aromatic carbocycles. The first-order chi connectivity index (χ1) is 9.60. The van der Waals surface area contributed by atoms with Gasteiger partial charge >= 0.3 is 0 Å². The quantitative estimate of drug-likeness (QED) is 0.739. The fourth-order valence-corrected chi connectivity index (χ4v) is 4.09. The number of sulfonamides is 1. The van der Waals surface area contributed by atoms with Crippen LogP contribution in [0.15, 0.2) is 52.1 Å². The van der Waals surface area contributed by atoms with E-state index in [9.17, 15) is 8.42 Å². The molecule has 1 heterocycles. The van der Waals surface area contributed by atoms with E-state index in [1.165, 1.54) is 15.6 Å². The van der Waals surface area contributed by atoms with E-state index in [1.54, 1.807) is 24.6 Å². The summed E-state index contributed by atoms with van der Waals surface area (Å²) in [5.74, 6) is 0.802. The van der Waals surface area contributed by atoms with Gasteiger partial charge in [-0.15, -0.1) is 11.3 Å². The van der Waals surface area contributed by atoms with Crippen LogP contribution in [0.1, 0.15) is 6.42 Å². The van der Waals surface area contributed by atoms with Crippen LogP contribution in [0.3, 0.4) is 0 Å². The minimum absolute atomic E-state index is 0.379. The van der Waals surface area contributed by atoms with Gasteiger partial charge in [-0.3, -0.25) is 0 Å². The number of hydrogen-bond donors (Lipinski definition) is 0. The zero-order valence-electron chi connectivity index (χ0n) is 11.2. The average Bonchev–Trinajstić information content (AvgIpc) is 2.99. The molecule has 1 aromatic heterocycles. The van der Waals surface area contributed by atoms with Crippen molar-refractivity contribution in [3.63, 3.8) is 0 Å². The van der Waals surface area contributed by atoms with Crippen molar-refractivity contribution in [2.24, 2.45) is 0 Å². The zero-order chi connectivity index (χ0) is 14.4. The maximum absolute atomic E-state index is 12.2. The van der Waals surface area contributed by atoms with Gasteiger partial charge in [0.1, 0.15) is 9.96 Å². The van der Waals surface area contributed by atoms with Gasteiger partial charge in [0.05, 0.1) is 6.61 Å². The van der Waals surface area contributed by atoms with Gasteiger partial charge in [-0.25, -0.2) is 12.7 Å². The molecule has 2 aromatic rings. The number of para-hydroxylation sites is 1. The minimum Gasteiger partial charge on any atom is -0.494 e. The highest BCUT2D eigenvalue weighted by molar-refractivity contribution is 7.91. The van der Waals surface area contributed by atoms with E-state index < -0.39 is 10.0 Å². The van der Waals surface area contributed by atoms with Gasteiger partial charge in [0.2, 0.25) is 0 Å². The van der Waals surface area contributed by atoms with Gasteiger partial charge in [0.25, 0.3) is 10.0 Å². The molecule has 4 nitrogen and oxygen atoms in total. The van der Waals surface area contributed by atoms with Crippen LogP contribution in [0.25, 0.3) is 0 Å². The fourth-order valence-electron chi connectivity index (χ4n) is 1.68. The summed E-state index contributed by atoms with van der Waals surface area (Å²) in [4.78, 5) is 0. The Morgan fingerprint density at radius 3 is 2.55 bits per heavy atom. The van der Waals surface area contributed by atoms with Gasteiger partial charge in [-0.1, -0.05) is 24.3 Å². The molecule has 0 radical (unpaired) electrons. The Morgan fingerprint density at radius 2 is 1.90 bits per heavy atom. The van der Waals surface area contributed by atoms with Crippen LogP contribution >= 0.6 is 11.3 Å². The second-order valence-corrected chi connectivity index (χ2v) is 7.49. The first kappa shape index (κ1) is 15.0. The maximum Gasteiger partial charge on any atom is 0.252 e. The highest BCUT2D eigenvalue weighted by Gasteiger charge is 2.20. The van der Waals surface area contributed by atoms with Crippen molar-refractivity contribution in [3.05, 3.63) is 47.8 Å². The lowest BCUT2D eigenvalue weighted by Crippen LogP contribution is -2.28. The second kappa shape index (κ2) is 6.88. The van der Waals surface area contributed by atoms with Crippen molar-refractivity contribution in [2.75, 3.05) is 20.2 Å². The number of hydrogen-bond acceptors (Lipinski definition) is 4. The Bertz CT molecular complexity index is 609. The molecule has 6 heteroatoms. The van der Waals surface area contributed by atoms with Crippen LogP contribution in [-0.2, 0) is 10.0 Å².